The van der Waals surface area contributed by atoms with E-state index in [1.807, 2.05) is 36.4 Å². The molecule has 0 spiro atoms. The molecule has 3 rings (SSSR count). The number of aromatic nitrogens is 2. The maximum atomic E-state index is 9.83. The quantitative estimate of drug-likeness (QED) is 0.633. The summed E-state index contributed by atoms with van der Waals surface area (Å²) in [5.41, 5.74) is 3.38. The van der Waals surface area contributed by atoms with Crippen LogP contribution in [0.5, 0.6) is 11.8 Å². The second-order valence-electron chi connectivity index (χ2n) is 5.82. The van der Waals surface area contributed by atoms with Crippen LogP contribution in [0.15, 0.2) is 54.6 Å². The molecular formula is C20H18N4O2. The number of phenolic OH excluding ortho intramolecular Hbond substituents is 1. The minimum atomic E-state index is -0.305. The van der Waals surface area contributed by atoms with Gasteiger partial charge in [-0.15, -0.1) is 0 Å². The fourth-order valence-corrected chi connectivity index (χ4v) is 2.60. The van der Waals surface area contributed by atoms with Crippen molar-refractivity contribution in [3.63, 3.8) is 0 Å². The highest BCUT2D eigenvalue weighted by molar-refractivity contribution is 5.63. The summed E-state index contributed by atoms with van der Waals surface area (Å²) in [5, 5.41) is 31.1. The van der Waals surface area contributed by atoms with E-state index in [0.717, 1.165) is 23.1 Å². The Hall–Kier alpha value is -3.59. The first-order valence-electron chi connectivity index (χ1n) is 8.20. The first kappa shape index (κ1) is 17.2. The molecule has 0 aliphatic rings. The van der Waals surface area contributed by atoms with Crippen LogP contribution < -0.4 is 5.32 Å². The molecule has 26 heavy (non-hydrogen) atoms. The molecule has 0 atom stereocenters. The molecule has 6 heteroatoms. The van der Waals surface area contributed by atoms with E-state index in [-0.39, 0.29) is 11.8 Å². The van der Waals surface area contributed by atoms with Crippen molar-refractivity contribution in [1.82, 2.24) is 9.97 Å². The number of hydrogen-bond acceptors (Lipinski definition) is 6. The Bertz CT molecular complexity index is 933. The summed E-state index contributed by atoms with van der Waals surface area (Å²) in [6.45, 7) is 0.620. The van der Waals surface area contributed by atoms with E-state index < -0.39 is 0 Å². The molecule has 1 heterocycles. The molecule has 0 unspecified atom stereocenters. The molecular weight excluding hydrogens is 328 g/mol. The van der Waals surface area contributed by atoms with Gasteiger partial charge in [0.1, 0.15) is 11.6 Å². The van der Waals surface area contributed by atoms with Crippen LogP contribution >= 0.6 is 0 Å². The lowest BCUT2D eigenvalue weighted by atomic mass is 10.1. The van der Waals surface area contributed by atoms with Crippen LogP contribution in [0.3, 0.4) is 0 Å². The third-order valence-electron chi connectivity index (χ3n) is 3.88. The van der Waals surface area contributed by atoms with Crippen molar-refractivity contribution in [3.8, 4) is 29.1 Å². The van der Waals surface area contributed by atoms with Gasteiger partial charge in [0.25, 0.3) is 0 Å². The maximum Gasteiger partial charge on any atom is 0.316 e. The van der Waals surface area contributed by atoms with E-state index >= 15 is 0 Å². The van der Waals surface area contributed by atoms with Crippen LogP contribution in [0, 0.1) is 11.3 Å². The average molecular weight is 346 g/mol. The Morgan fingerprint density at radius 3 is 2.54 bits per heavy atom. The van der Waals surface area contributed by atoms with E-state index in [0.29, 0.717) is 24.5 Å². The first-order chi connectivity index (χ1) is 12.6. The molecule has 0 aliphatic carbocycles. The summed E-state index contributed by atoms with van der Waals surface area (Å²) in [6, 6.07) is 18.1. The number of nitrogens with one attached hydrogen (secondary N) is 1. The van der Waals surface area contributed by atoms with Crippen LogP contribution in [0.25, 0.3) is 11.3 Å². The van der Waals surface area contributed by atoms with Crippen LogP contribution in [-0.4, -0.2) is 26.7 Å². The molecule has 2 aromatic carbocycles. The zero-order chi connectivity index (χ0) is 18.4. The van der Waals surface area contributed by atoms with Crippen LogP contribution in [0.1, 0.15) is 11.1 Å². The molecule has 130 valence electrons. The number of nitriles is 1. The number of nitrogens with zero attached hydrogens (tertiary/aromatic N) is 3. The molecule has 3 N–H and O–H groups in total. The zero-order valence-corrected chi connectivity index (χ0v) is 14.1. The lowest BCUT2D eigenvalue weighted by Crippen LogP contribution is -2.07. The van der Waals surface area contributed by atoms with Gasteiger partial charge >= 0.3 is 6.01 Å². The van der Waals surface area contributed by atoms with Gasteiger partial charge in [-0.1, -0.05) is 30.3 Å². The largest absolute Gasteiger partial charge is 0.508 e. The molecule has 1 aromatic heterocycles. The summed E-state index contributed by atoms with van der Waals surface area (Å²) >= 11 is 0. The molecule has 0 bridgehead atoms. The zero-order valence-electron chi connectivity index (χ0n) is 14.1. The molecule has 0 saturated heterocycles. The molecule has 0 amide bonds. The predicted octanol–water partition coefficient (Wildman–Crippen LogP) is 3.28. The monoisotopic (exact) mass is 346 g/mol. The Morgan fingerprint density at radius 2 is 1.77 bits per heavy atom. The van der Waals surface area contributed by atoms with E-state index in [9.17, 15) is 10.2 Å². The Labute approximate surface area is 151 Å². The van der Waals surface area contributed by atoms with Crippen molar-refractivity contribution in [2.45, 2.75) is 12.8 Å². The van der Waals surface area contributed by atoms with Gasteiger partial charge in [0.2, 0.25) is 0 Å². The normalized spacial score (nSPS) is 10.3. The van der Waals surface area contributed by atoms with Gasteiger partial charge in [0.15, 0.2) is 0 Å². The molecule has 0 aliphatic heterocycles. The minimum Gasteiger partial charge on any atom is -0.508 e. The van der Waals surface area contributed by atoms with Gasteiger partial charge < -0.3 is 15.5 Å². The highest BCUT2D eigenvalue weighted by Crippen LogP contribution is 2.23. The van der Waals surface area contributed by atoms with E-state index in [1.54, 1.807) is 18.2 Å². The average Bonchev–Trinajstić information content (AvgIpc) is 2.63. The number of phenols is 1. The van der Waals surface area contributed by atoms with Crippen LogP contribution in [0.4, 0.5) is 5.82 Å². The molecule has 3 aromatic rings. The maximum absolute atomic E-state index is 9.83. The van der Waals surface area contributed by atoms with E-state index in [1.165, 1.54) is 0 Å². The molecule has 0 radical (unpaired) electrons. The SMILES string of the molecule is N#CCc1cccc(-c2cc(NCCc3ccc(O)cc3)nc(O)n2)c1. The van der Waals surface area contributed by atoms with E-state index in [2.05, 4.69) is 21.4 Å². The smallest absolute Gasteiger partial charge is 0.316 e. The number of aromatic hydroxyl groups is 2. The summed E-state index contributed by atoms with van der Waals surface area (Å²) in [4.78, 5) is 8.08. The second-order valence-corrected chi connectivity index (χ2v) is 5.82. The Kier molecular flexibility index (Phi) is 5.30. The number of anilines is 1. The highest BCUT2D eigenvalue weighted by Gasteiger charge is 2.07. The lowest BCUT2D eigenvalue weighted by Gasteiger charge is -2.09. The van der Waals surface area contributed by atoms with Gasteiger partial charge in [-0.05, 0) is 35.7 Å². The third kappa shape index (κ3) is 4.48. The number of hydrogen-bond donors (Lipinski definition) is 3. The van der Waals surface area contributed by atoms with Gasteiger partial charge in [0.05, 0.1) is 18.2 Å². The van der Waals surface area contributed by atoms with Crippen molar-refractivity contribution in [1.29, 1.82) is 5.26 Å². The second kappa shape index (κ2) is 7.99. The van der Waals surface area contributed by atoms with Crippen molar-refractivity contribution < 1.29 is 10.2 Å². The van der Waals surface area contributed by atoms with E-state index in [4.69, 9.17) is 5.26 Å². The van der Waals surface area contributed by atoms with Crippen LogP contribution in [0.2, 0.25) is 0 Å². The van der Waals surface area contributed by atoms with Crippen molar-refractivity contribution in [2.75, 3.05) is 11.9 Å². The summed E-state index contributed by atoms with van der Waals surface area (Å²) in [5.74, 6) is 0.766. The van der Waals surface area contributed by atoms with Crippen molar-refractivity contribution in [3.05, 3.63) is 65.7 Å². The topological polar surface area (TPSA) is 102 Å². The summed E-state index contributed by atoms with van der Waals surface area (Å²) < 4.78 is 0. The predicted molar refractivity (Wildman–Crippen MR) is 98.8 cm³/mol. The van der Waals surface area contributed by atoms with Crippen molar-refractivity contribution >= 4 is 5.82 Å². The fourth-order valence-electron chi connectivity index (χ4n) is 2.60. The van der Waals surface area contributed by atoms with Crippen molar-refractivity contribution in [2.24, 2.45) is 0 Å². The standard InChI is InChI=1S/C20H18N4O2/c21-10-8-15-2-1-3-16(12-15)18-13-19(24-20(26)23-18)22-11-9-14-4-6-17(25)7-5-14/h1-7,12-13,25H,8-9,11H2,(H2,22,23,24,26). The first-order valence-corrected chi connectivity index (χ1v) is 8.20. The summed E-state index contributed by atoms with van der Waals surface area (Å²) in [7, 11) is 0. The van der Waals surface area contributed by atoms with Gasteiger partial charge in [0, 0.05) is 18.2 Å². The highest BCUT2D eigenvalue weighted by atomic mass is 16.3. The Balaban J connectivity index is 1.72. The Morgan fingerprint density at radius 1 is 0.962 bits per heavy atom. The fraction of sp³-hybridized carbons (Fsp3) is 0.150. The third-order valence-corrected chi connectivity index (χ3v) is 3.88. The lowest BCUT2D eigenvalue weighted by molar-refractivity contribution is 0.432. The van der Waals surface area contributed by atoms with Gasteiger partial charge in [-0.2, -0.15) is 15.2 Å². The number of rotatable bonds is 6. The van der Waals surface area contributed by atoms with Gasteiger partial charge in [-0.25, -0.2) is 0 Å². The van der Waals surface area contributed by atoms with Gasteiger partial charge in [-0.3, -0.25) is 0 Å². The summed E-state index contributed by atoms with van der Waals surface area (Å²) in [6.07, 6.45) is 1.07. The molecule has 0 saturated carbocycles. The minimum absolute atomic E-state index is 0.241. The van der Waals surface area contributed by atoms with Crippen LogP contribution in [-0.2, 0) is 12.8 Å². The molecule has 6 nitrogen and oxygen atoms in total. The molecule has 0 fully saturated rings. The number of benzene rings is 2.